The molecule has 0 radical (unpaired) electrons. The second-order valence-corrected chi connectivity index (χ2v) is 3.35. The van der Waals surface area contributed by atoms with Gasteiger partial charge in [0.1, 0.15) is 11.6 Å². The first kappa shape index (κ1) is 8.25. The van der Waals surface area contributed by atoms with E-state index in [9.17, 15) is 8.78 Å². The van der Waals surface area contributed by atoms with Crippen molar-refractivity contribution in [2.75, 3.05) is 0 Å². The van der Waals surface area contributed by atoms with Crippen molar-refractivity contribution in [1.82, 2.24) is 0 Å². The second kappa shape index (κ2) is 2.56. The Hall–Kier alpha value is -1.36. The van der Waals surface area contributed by atoms with Crippen molar-refractivity contribution in [2.45, 2.75) is 18.3 Å². The monoisotopic (exact) mass is 178 g/mol. The summed E-state index contributed by atoms with van der Waals surface area (Å²) < 4.78 is 26.0. The highest BCUT2D eigenvalue weighted by atomic mass is 19.1. The van der Waals surface area contributed by atoms with Crippen LogP contribution in [0.4, 0.5) is 8.78 Å². The Morgan fingerprint density at radius 1 is 1.31 bits per heavy atom. The van der Waals surface area contributed by atoms with Crippen LogP contribution in [0, 0.1) is 24.0 Å². The Bertz CT molecular complexity index is 384. The van der Waals surface area contributed by atoms with Gasteiger partial charge in [0.15, 0.2) is 0 Å². The minimum atomic E-state index is -0.522. The molecule has 0 spiro atoms. The SMILES string of the molecule is C#CC1(c2cc(F)ccc2F)CC1. The standard InChI is InChI=1S/C11H8F2/c1-2-11(5-6-11)9-7-8(12)3-4-10(9)13/h1,3-4,7H,5-6H2. The first-order chi connectivity index (χ1) is 6.18. The van der Waals surface area contributed by atoms with Gasteiger partial charge in [-0.15, -0.1) is 6.42 Å². The smallest absolute Gasteiger partial charge is 0.128 e. The Morgan fingerprint density at radius 3 is 2.54 bits per heavy atom. The van der Waals surface area contributed by atoms with Crippen LogP contribution in [0.2, 0.25) is 0 Å². The molecule has 2 rings (SSSR count). The molecule has 13 heavy (non-hydrogen) atoms. The maximum atomic E-state index is 13.2. The van der Waals surface area contributed by atoms with Crippen LogP contribution in [0.15, 0.2) is 18.2 Å². The van der Waals surface area contributed by atoms with E-state index in [1.54, 1.807) is 0 Å². The first-order valence-electron chi connectivity index (χ1n) is 4.11. The van der Waals surface area contributed by atoms with Gasteiger partial charge in [0.25, 0.3) is 0 Å². The van der Waals surface area contributed by atoms with Gasteiger partial charge in [-0.3, -0.25) is 0 Å². The largest absolute Gasteiger partial charge is 0.207 e. The average molecular weight is 178 g/mol. The van der Waals surface area contributed by atoms with Crippen LogP contribution in [-0.4, -0.2) is 0 Å². The highest BCUT2D eigenvalue weighted by molar-refractivity contribution is 5.41. The number of benzene rings is 1. The molecule has 0 aliphatic heterocycles. The van der Waals surface area contributed by atoms with E-state index in [2.05, 4.69) is 5.92 Å². The van der Waals surface area contributed by atoms with Gasteiger partial charge in [-0.05, 0) is 31.0 Å². The summed E-state index contributed by atoms with van der Waals surface area (Å²) >= 11 is 0. The summed E-state index contributed by atoms with van der Waals surface area (Å²) in [6.45, 7) is 0. The molecule has 1 aromatic carbocycles. The van der Waals surface area contributed by atoms with Gasteiger partial charge in [0.2, 0.25) is 0 Å². The van der Waals surface area contributed by atoms with Gasteiger partial charge in [-0.2, -0.15) is 0 Å². The number of terminal acetylenes is 1. The molecule has 0 heterocycles. The second-order valence-electron chi connectivity index (χ2n) is 3.35. The van der Waals surface area contributed by atoms with Crippen LogP contribution in [0.3, 0.4) is 0 Å². The molecule has 66 valence electrons. The molecule has 0 bridgehead atoms. The maximum absolute atomic E-state index is 13.2. The Balaban J connectivity index is 2.52. The van der Waals surface area contributed by atoms with E-state index in [0.717, 1.165) is 25.0 Å². The summed E-state index contributed by atoms with van der Waals surface area (Å²) in [5.41, 5.74) is -0.193. The maximum Gasteiger partial charge on any atom is 0.128 e. The van der Waals surface area contributed by atoms with Crippen molar-refractivity contribution in [1.29, 1.82) is 0 Å². The van der Waals surface area contributed by atoms with E-state index in [0.29, 0.717) is 5.56 Å². The summed E-state index contributed by atoms with van der Waals surface area (Å²) in [5.74, 6) is 1.69. The number of hydrogen-bond acceptors (Lipinski definition) is 0. The lowest BCUT2D eigenvalue weighted by Gasteiger charge is -2.08. The van der Waals surface area contributed by atoms with Gasteiger partial charge in [-0.25, -0.2) is 8.78 Å². The summed E-state index contributed by atoms with van der Waals surface area (Å²) in [4.78, 5) is 0. The van der Waals surface area contributed by atoms with Gasteiger partial charge in [-0.1, -0.05) is 5.92 Å². The molecular formula is C11H8F2. The van der Waals surface area contributed by atoms with Crippen molar-refractivity contribution >= 4 is 0 Å². The van der Waals surface area contributed by atoms with Crippen LogP contribution in [-0.2, 0) is 5.41 Å². The molecule has 2 heteroatoms. The molecule has 1 fully saturated rings. The van der Waals surface area contributed by atoms with Gasteiger partial charge in [0, 0.05) is 5.56 Å². The van der Waals surface area contributed by atoms with Crippen molar-refractivity contribution in [2.24, 2.45) is 0 Å². The fourth-order valence-corrected chi connectivity index (χ4v) is 1.48. The van der Waals surface area contributed by atoms with E-state index < -0.39 is 17.0 Å². The van der Waals surface area contributed by atoms with E-state index in [-0.39, 0.29) is 0 Å². The number of halogens is 2. The molecule has 0 N–H and O–H groups in total. The third-order valence-corrected chi connectivity index (χ3v) is 2.47. The molecule has 1 aliphatic carbocycles. The van der Waals surface area contributed by atoms with Crippen molar-refractivity contribution < 1.29 is 8.78 Å². The highest BCUT2D eigenvalue weighted by Gasteiger charge is 2.44. The minimum Gasteiger partial charge on any atom is -0.207 e. The molecule has 0 amide bonds. The van der Waals surface area contributed by atoms with E-state index in [4.69, 9.17) is 6.42 Å². The third-order valence-electron chi connectivity index (χ3n) is 2.47. The Morgan fingerprint density at radius 2 is 2.00 bits per heavy atom. The average Bonchev–Trinajstić information content (AvgIpc) is 2.90. The molecule has 0 atom stereocenters. The van der Waals surface area contributed by atoms with Crippen LogP contribution < -0.4 is 0 Å². The molecule has 1 aromatic rings. The summed E-state index contributed by atoms with van der Waals surface area (Å²) in [6.07, 6.45) is 6.79. The van der Waals surface area contributed by atoms with Gasteiger partial charge < -0.3 is 0 Å². The quantitative estimate of drug-likeness (QED) is 0.580. The molecule has 1 aliphatic rings. The molecule has 0 nitrogen and oxygen atoms in total. The van der Waals surface area contributed by atoms with Gasteiger partial charge in [0.05, 0.1) is 5.41 Å². The molecule has 1 saturated carbocycles. The van der Waals surface area contributed by atoms with Crippen LogP contribution >= 0.6 is 0 Å². The zero-order valence-corrected chi connectivity index (χ0v) is 6.98. The van der Waals surface area contributed by atoms with E-state index in [1.807, 2.05) is 0 Å². The number of rotatable bonds is 1. The predicted octanol–water partition coefficient (Wildman–Crippen LogP) is 2.63. The van der Waals surface area contributed by atoms with E-state index in [1.165, 1.54) is 6.07 Å². The predicted molar refractivity (Wildman–Crippen MR) is 46.1 cm³/mol. The first-order valence-corrected chi connectivity index (χ1v) is 4.11. The molecular weight excluding hydrogens is 170 g/mol. The lowest BCUT2D eigenvalue weighted by Crippen LogP contribution is -2.06. The fraction of sp³-hybridized carbons (Fsp3) is 0.273. The van der Waals surface area contributed by atoms with Crippen LogP contribution in [0.5, 0.6) is 0 Å². The Labute approximate surface area is 75.6 Å². The number of hydrogen-bond donors (Lipinski definition) is 0. The highest BCUT2D eigenvalue weighted by Crippen LogP contribution is 2.48. The van der Waals surface area contributed by atoms with Crippen LogP contribution in [0.25, 0.3) is 0 Å². The molecule has 0 saturated heterocycles. The van der Waals surface area contributed by atoms with Crippen LogP contribution in [0.1, 0.15) is 18.4 Å². The lowest BCUT2D eigenvalue weighted by atomic mass is 9.96. The summed E-state index contributed by atoms with van der Waals surface area (Å²) in [6, 6.07) is 3.43. The molecule has 0 unspecified atom stereocenters. The van der Waals surface area contributed by atoms with Crippen molar-refractivity contribution in [3.8, 4) is 12.3 Å². The molecule has 0 aromatic heterocycles. The normalized spacial score (nSPS) is 17.9. The Kier molecular flexibility index (Phi) is 1.63. The summed E-state index contributed by atoms with van der Waals surface area (Å²) in [7, 11) is 0. The summed E-state index contributed by atoms with van der Waals surface area (Å²) in [5, 5.41) is 0. The van der Waals surface area contributed by atoms with E-state index >= 15 is 0 Å². The lowest BCUT2D eigenvalue weighted by molar-refractivity contribution is 0.577. The topological polar surface area (TPSA) is 0 Å². The fourth-order valence-electron chi connectivity index (χ4n) is 1.48. The van der Waals surface area contributed by atoms with Crippen molar-refractivity contribution in [3.63, 3.8) is 0 Å². The van der Waals surface area contributed by atoms with Gasteiger partial charge >= 0.3 is 0 Å². The minimum absolute atomic E-state index is 0.329. The zero-order valence-electron chi connectivity index (χ0n) is 6.98. The zero-order chi connectivity index (χ0) is 9.47. The third kappa shape index (κ3) is 1.21. The van der Waals surface area contributed by atoms with Crippen molar-refractivity contribution in [3.05, 3.63) is 35.4 Å².